The van der Waals surface area contributed by atoms with E-state index >= 15 is 0 Å². The van der Waals surface area contributed by atoms with Crippen LogP contribution in [0.2, 0.25) is 0 Å². The lowest BCUT2D eigenvalue weighted by atomic mass is 9.93. The van der Waals surface area contributed by atoms with Gasteiger partial charge in [0, 0.05) is 23.5 Å². The normalized spacial score (nSPS) is 19.0. The molecule has 1 saturated heterocycles. The Hall–Kier alpha value is -4.92. The lowest BCUT2D eigenvalue weighted by Crippen LogP contribution is -2.42. The van der Waals surface area contributed by atoms with Gasteiger partial charge in [-0.3, -0.25) is 9.59 Å². The molecule has 3 heterocycles. The Morgan fingerprint density at radius 1 is 0.949 bits per heavy atom. The van der Waals surface area contributed by atoms with Crippen LogP contribution >= 0.6 is 0 Å². The predicted octanol–water partition coefficient (Wildman–Crippen LogP) is 4.79. The Labute approximate surface area is 224 Å². The number of benzene rings is 3. The van der Waals surface area contributed by atoms with E-state index in [1.807, 2.05) is 56.3 Å². The molecule has 1 aliphatic rings. The van der Waals surface area contributed by atoms with Gasteiger partial charge in [-0.15, -0.1) is 0 Å². The number of fused-ring (bicyclic) bond motifs is 1. The van der Waals surface area contributed by atoms with Crippen LogP contribution in [0.15, 0.2) is 91.4 Å². The number of hydrogen-bond acceptors (Lipinski definition) is 5. The molecule has 2 amide bonds. The largest absolute Gasteiger partial charge is 0.343 e. The fraction of sp³-hybridized carbons (Fsp3) is 0.167. The van der Waals surface area contributed by atoms with E-state index in [4.69, 9.17) is 0 Å². The molecule has 194 valence electrons. The van der Waals surface area contributed by atoms with Gasteiger partial charge >= 0.3 is 0 Å². The number of nitrogens with zero attached hydrogens (tertiary/aromatic N) is 5. The maximum Gasteiger partial charge on any atom is 0.289 e. The maximum atomic E-state index is 13.8. The second kappa shape index (κ2) is 9.75. The standard InChI is InChI=1S/C30H25FN6O2/c1-18-5-3-6-20(15-18)27-26(35-29(38)28-32-13-4-14-33-28)19(2)30(39)36(27)24-11-12-25-21(16-24)17-34-37(25)23-9-7-22(31)8-10-23/h3-17,19,26-27H,1-2H3,(H,35,38)/t19?,26-,27+/m0/s1. The molecule has 6 rings (SSSR count). The second-order valence-electron chi connectivity index (χ2n) is 9.70. The minimum atomic E-state index is -0.520. The first-order chi connectivity index (χ1) is 18.9. The Balaban J connectivity index is 1.41. The number of aryl methyl sites for hydroxylation is 1. The average Bonchev–Trinajstić information content (AvgIpc) is 3.48. The summed E-state index contributed by atoms with van der Waals surface area (Å²) in [6, 6.07) is 20.4. The van der Waals surface area contributed by atoms with Gasteiger partial charge < -0.3 is 10.2 Å². The van der Waals surface area contributed by atoms with Gasteiger partial charge in [0.2, 0.25) is 11.7 Å². The first kappa shape index (κ1) is 24.4. The summed E-state index contributed by atoms with van der Waals surface area (Å²) in [6.45, 7) is 3.82. The molecule has 9 heteroatoms. The fourth-order valence-electron chi connectivity index (χ4n) is 5.24. The van der Waals surface area contributed by atoms with E-state index in [2.05, 4.69) is 20.4 Å². The first-order valence-corrected chi connectivity index (χ1v) is 12.6. The van der Waals surface area contributed by atoms with Crippen molar-refractivity contribution in [1.82, 2.24) is 25.1 Å². The molecule has 1 aliphatic heterocycles. The quantitative estimate of drug-likeness (QED) is 0.360. The predicted molar refractivity (Wildman–Crippen MR) is 145 cm³/mol. The van der Waals surface area contributed by atoms with Crippen molar-refractivity contribution in [3.63, 3.8) is 0 Å². The molecular weight excluding hydrogens is 495 g/mol. The van der Waals surface area contributed by atoms with Gasteiger partial charge in [-0.1, -0.05) is 36.8 Å². The number of carbonyl (C=O) groups excluding carboxylic acids is 2. The van der Waals surface area contributed by atoms with Crippen molar-refractivity contribution >= 4 is 28.4 Å². The summed E-state index contributed by atoms with van der Waals surface area (Å²) in [6.07, 6.45) is 4.74. The molecule has 39 heavy (non-hydrogen) atoms. The van der Waals surface area contributed by atoms with Gasteiger partial charge in [0.15, 0.2) is 0 Å². The maximum absolute atomic E-state index is 13.8. The molecule has 0 radical (unpaired) electrons. The zero-order chi connectivity index (χ0) is 27.1. The Morgan fingerprint density at radius 3 is 2.44 bits per heavy atom. The summed E-state index contributed by atoms with van der Waals surface area (Å²) < 4.78 is 15.2. The van der Waals surface area contributed by atoms with E-state index in [0.29, 0.717) is 5.69 Å². The number of rotatable bonds is 5. The zero-order valence-electron chi connectivity index (χ0n) is 21.3. The van der Waals surface area contributed by atoms with Crippen LogP contribution in [0.25, 0.3) is 16.6 Å². The number of nitrogens with one attached hydrogen (secondary N) is 1. The Morgan fingerprint density at radius 2 is 1.69 bits per heavy atom. The number of halogens is 1. The summed E-state index contributed by atoms with van der Waals surface area (Å²) >= 11 is 0. The molecule has 2 aromatic heterocycles. The molecule has 0 saturated carbocycles. The molecular formula is C30H25FN6O2. The van der Waals surface area contributed by atoms with Gasteiger partial charge in [-0.2, -0.15) is 5.10 Å². The molecule has 1 fully saturated rings. The molecule has 1 unspecified atom stereocenters. The van der Waals surface area contributed by atoms with Gasteiger partial charge in [0.05, 0.1) is 35.4 Å². The molecule has 8 nitrogen and oxygen atoms in total. The number of hydrogen-bond donors (Lipinski definition) is 1. The topological polar surface area (TPSA) is 93.0 Å². The van der Waals surface area contributed by atoms with Crippen LogP contribution in [0.5, 0.6) is 0 Å². The van der Waals surface area contributed by atoms with E-state index in [0.717, 1.165) is 27.7 Å². The van der Waals surface area contributed by atoms with E-state index in [1.165, 1.54) is 24.5 Å². The van der Waals surface area contributed by atoms with Gasteiger partial charge in [0.25, 0.3) is 5.91 Å². The molecule has 3 aromatic carbocycles. The van der Waals surface area contributed by atoms with E-state index in [9.17, 15) is 14.0 Å². The van der Waals surface area contributed by atoms with E-state index < -0.39 is 23.9 Å². The third kappa shape index (κ3) is 4.41. The number of amides is 2. The fourth-order valence-corrected chi connectivity index (χ4v) is 5.24. The van der Waals surface area contributed by atoms with Crippen LogP contribution in [-0.4, -0.2) is 37.6 Å². The van der Waals surface area contributed by atoms with Crippen molar-refractivity contribution in [2.24, 2.45) is 5.92 Å². The van der Waals surface area contributed by atoms with Crippen molar-refractivity contribution in [2.75, 3.05) is 4.90 Å². The van der Waals surface area contributed by atoms with Crippen molar-refractivity contribution in [3.8, 4) is 5.69 Å². The van der Waals surface area contributed by atoms with Crippen LogP contribution in [0.4, 0.5) is 10.1 Å². The van der Waals surface area contributed by atoms with Crippen LogP contribution in [0, 0.1) is 18.7 Å². The molecule has 1 N–H and O–H groups in total. The smallest absolute Gasteiger partial charge is 0.289 e. The van der Waals surface area contributed by atoms with E-state index in [-0.39, 0.29) is 17.5 Å². The van der Waals surface area contributed by atoms with Crippen LogP contribution in [0.3, 0.4) is 0 Å². The second-order valence-corrected chi connectivity index (χ2v) is 9.70. The molecule has 0 bridgehead atoms. The van der Waals surface area contributed by atoms with Crippen LogP contribution < -0.4 is 10.2 Å². The molecule has 0 spiro atoms. The molecule has 0 aliphatic carbocycles. The van der Waals surface area contributed by atoms with Crippen LogP contribution in [0.1, 0.15) is 34.7 Å². The number of anilines is 1. The average molecular weight is 521 g/mol. The molecule has 5 aromatic rings. The van der Waals surface area contributed by atoms with E-state index in [1.54, 1.807) is 34.0 Å². The minimum absolute atomic E-state index is 0.0493. The van der Waals surface area contributed by atoms with Gasteiger partial charge in [-0.25, -0.2) is 19.0 Å². The third-order valence-electron chi connectivity index (χ3n) is 7.14. The number of carbonyl (C=O) groups is 2. The summed E-state index contributed by atoms with van der Waals surface area (Å²) in [5.74, 6) is -1.31. The highest BCUT2D eigenvalue weighted by atomic mass is 19.1. The summed E-state index contributed by atoms with van der Waals surface area (Å²) in [5.41, 5.74) is 4.20. The summed E-state index contributed by atoms with van der Waals surface area (Å²) in [5, 5.41) is 8.35. The van der Waals surface area contributed by atoms with Crippen molar-refractivity contribution < 1.29 is 14.0 Å². The highest BCUT2D eigenvalue weighted by Crippen LogP contribution is 2.41. The Bertz CT molecular complexity index is 1690. The monoisotopic (exact) mass is 520 g/mol. The molecule has 3 atom stereocenters. The Kier molecular flexibility index (Phi) is 6.11. The highest BCUT2D eigenvalue weighted by molar-refractivity contribution is 6.02. The SMILES string of the molecule is Cc1cccc([C@@H]2[C@@H](NC(=O)c3ncccn3)C(C)C(=O)N2c2ccc3c(cnn3-c3ccc(F)cc3)c2)c1. The lowest BCUT2D eigenvalue weighted by Gasteiger charge is -2.29. The third-order valence-corrected chi connectivity index (χ3v) is 7.14. The summed E-state index contributed by atoms with van der Waals surface area (Å²) in [4.78, 5) is 36.7. The zero-order valence-corrected chi connectivity index (χ0v) is 21.3. The summed E-state index contributed by atoms with van der Waals surface area (Å²) in [7, 11) is 0. The van der Waals surface area contributed by atoms with Crippen molar-refractivity contribution in [3.05, 3.63) is 114 Å². The lowest BCUT2D eigenvalue weighted by molar-refractivity contribution is -0.120. The van der Waals surface area contributed by atoms with Gasteiger partial charge in [0.1, 0.15) is 5.82 Å². The van der Waals surface area contributed by atoms with Gasteiger partial charge in [-0.05, 0) is 61.0 Å². The van der Waals surface area contributed by atoms with Crippen molar-refractivity contribution in [1.29, 1.82) is 0 Å². The van der Waals surface area contributed by atoms with Crippen LogP contribution in [-0.2, 0) is 4.79 Å². The number of aromatic nitrogens is 4. The first-order valence-electron chi connectivity index (χ1n) is 12.6. The minimum Gasteiger partial charge on any atom is -0.343 e. The van der Waals surface area contributed by atoms with Crippen molar-refractivity contribution in [2.45, 2.75) is 25.9 Å². The highest BCUT2D eigenvalue weighted by Gasteiger charge is 2.48.